The molecule has 0 aromatic rings. The van der Waals surface area contributed by atoms with E-state index in [0.29, 0.717) is 19.3 Å². The minimum atomic E-state index is -0.784. The Morgan fingerprint density at radius 2 is 0.476 bits per heavy atom. The highest BCUT2D eigenvalue weighted by Gasteiger charge is 2.19. The molecule has 0 fully saturated rings. The molecule has 0 N–H and O–H groups in total. The lowest BCUT2D eigenvalue weighted by atomic mass is 10.0. The Labute approximate surface area is 509 Å². The third kappa shape index (κ3) is 67.4. The van der Waals surface area contributed by atoms with Crippen LogP contribution >= 0.6 is 0 Å². The van der Waals surface area contributed by atoms with Crippen LogP contribution in [0.1, 0.15) is 361 Å². The van der Waals surface area contributed by atoms with Gasteiger partial charge in [0.2, 0.25) is 0 Å². The van der Waals surface area contributed by atoms with Crippen molar-refractivity contribution in [1.29, 1.82) is 0 Å². The van der Waals surface area contributed by atoms with Crippen molar-refractivity contribution >= 4 is 17.9 Å². The monoisotopic (exact) mass is 1140 g/mol. The van der Waals surface area contributed by atoms with E-state index in [1.165, 1.54) is 218 Å². The number of allylic oxidation sites excluding steroid dienone is 14. The first-order valence-corrected chi connectivity index (χ1v) is 35.6. The van der Waals surface area contributed by atoms with Crippen LogP contribution in [0.25, 0.3) is 0 Å². The van der Waals surface area contributed by atoms with Crippen molar-refractivity contribution < 1.29 is 28.6 Å². The fourth-order valence-electron chi connectivity index (χ4n) is 10.3. The van der Waals surface area contributed by atoms with Gasteiger partial charge in [0.05, 0.1) is 0 Å². The highest BCUT2D eigenvalue weighted by molar-refractivity contribution is 5.71. The summed E-state index contributed by atoms with van der Waals surface area (Å²) in [5.74, 6) is -0.875. The molecule has 0 saturated carbocycles. The Balaban J connectivity index is 4.28. The molecule has 474 valence electrons. The topological polar surface area (TPSA) is 78.9 Å². The van der Waals surface area contributed by atoms with Crippen LogP contribution < -0.4 is 0 Å². The molecule has 0 bridgehead atoms. The highest BCUT2D eigenvalue weighted by Crippen LogP contribution is 2.17. The molecule has 0 aliphatic rings. The third-order valence-electron chi connectivity index (χ3n) is 15.6. The number of esters is 3. The SMILES string of the molecule is CC/C=C\C/C=C\C/C=C\C/C=C\CCCCCCCCCCCCCCCCCCC(=O)OCC(COC(=O)CCCCCCC/C=C\C/C=C\CCCCCC)OC(=O)CCCCCCCCCCC/C=C\CCCCCCCC. The van der Waals surface area contributed by atoms with Gasteiger partial charge in [-0.3, -0.25) is 14.4 Å². The summed E-state index contributed by atoms with van der Waals surface area (Å²) in [6, 6.07) is 0. The molecule has 1 unspecified atom stereocenters. The summed E-state index contributed by atoms with van der Waals surface area (Å²) in [5, 5.41) is 0. The van der Waals surface area contributed by atoms with E-state index < -0.39 is 6.10 Å². The van der Waals surface area contributed by atoms with E-state index in [1.54, 1.807) is 0 Å². The van der Waals surface area contributed by atoms with Crippen molar-refractivity contribution in [3.63, 3.8) is 0 Å². The van der Waals surface area contributed by atoms with Gasteiger partial charge >= 0.3 is 17.9 Å². The van der Waals surface area contributed by atoms with Crippen molar-refractivity contribution in [2.45, 2.75) is 367 Å². The molecule has 0 heterocycles. The predicted octanol–water partition coefficient (Wildman–Crippen LogP) is 24.6. The Morgan fingerprint density at radius 1 is 0.256 bits per heavy atom. The Bertz CT molecular complexity index is 1550. The summed E-state index contributed by atoms with van der Waals surface area (Å²) >= 11 is 0. The van der Waals surface area contributed by atoms with E-state index in [2.05, 4.69) is 106 Å². The van der Waals surface area contributed by atoms with Crippen molar-refractivity contribution in [2.24, 2.45) is 0 Å². The van der Waals surface area contributed by atoms with Crippen LogP contribution in [0.4, 0.5) is 0 Å². The molecule has 0 aromatic heterocycles. The van der Waals surface area contributed by atoms with Gasteiger partial charge in [-0.1, -0.05) is 311 Å². The zero-order valence-electron chi connectivity index (χ0n) is 54.5. The molecule has 0 aromatic carbocycles. The number of hydrogen-bond acceptors (Lipinski definition) is 6. The number of carbonyl (C=O) groups is 3. The smallest absolute Gasteiger partial charge is 0.306 e. The lowest BCUT2D eigenvalue weighted by Crippen LogP contribution is -2.30. The van der Waals surface area contributed by atoms with Crippen LogP contribution in [-0.2, 0) is 28.6 Å². The van der Waals surface area contributed by atoms with E-state index in [9.17, 15) is 14.4 Å². The molecule has 0 aliphatic carbocycles. The first kappa shape index (κ1) is 78.6. The number of hydrogen-bond donors (Lipinski definition) is 0. The van der Waals surface area contributed by atoms with Gasteiger partial charge in [0.1, 0.15) is 13.2 Å². The number of rotatable bonds is 65. The lowest BCUT2D eigenvalue weighted by molar-refractivity contribution is -0.167. The summed E-state index contributed by atoms with van der Waals surface area (Å²) in [6.45, 7) is 6.54. The summed E-state index contributed by atoms with van der Waals surface area (Å²) in [7, 11) is 0. The van der Waals surface area contributed by atoms with Crippen LogP contribution in [0.15, 0.2) is 85.1 Å². The van der Waals surface area contributed by atoms with Gasteiger partial charge in [-0.2, -0.15) is 0 Å². The average Bonchev–Trinajstić information content (AvgIpc) is 3.47. The maximum absolute atomic E-state index is 13.0. The summed E-state index contributed by atoms with van der Waals surface area (Å²) in [5.41, 5.74) is 0. The molecule has 6 heteroatoms. The second-order valence-electron chi connectivity index (χ2n) is 23.8. The van der Waals surface area contributed by atoms with Gasteiger partial charge in [0.15, 0.2) is 6.10 Å². The zero-order valence-corrected chi connectivity index (χ0v) is 54.5. The normalized spacial score (nSPS) is 12.6. The molecule has 0 rings (SSSR count). The Morgan fingerprint density at radius 3 is 0.768 bits per heavy atom. The van der Waals surface area contributed by atoms with Crippen LogP contribution in [0.5, 0.6) is 0 Å². The van der Waals surface area contributed by atoms with E-state index in [1.807, 2.05) is 0 Å². The summed E-state index contributed by atoms with van der Waals surface area (Å²) in [4.78, 5) is 38.5. The van der Waals surface area contributed by atoms with Gasteiger partial charge in [-0.05, 0) is 116 Å². The third-order valence-corrected chi connectivity index (χ3v) is 15.6. The first-order chi connectivity index (χ1) is 40.5. The predicted molar refractivity (Wildman–Crippen MR) is 358 cm³/mol. The summed E-state index contributed by atoms with van der Waals surface area (Å²) < 4.78 is 17.0. The quantitative estimate of drug-likeness (QED) is 0.0261. The van der Waals surface area contributed by atoms with Crippen LogP contribution in [0.3, 0.4) is 0 Å². The minimum absolute atomic E-state index is 0.0785. The van der Waals surface area contributed by atoms with Crippen molar-refractivity contribution in [3.05, 3.63) is 85.1 Å². The number of ether oxygens (including phenoxy) is 3. The molecule has 0 saturated heterocycles. The van der Waals surface area contributed by atoms with Crippen LogP contribution in [0.2, 0.25) is 0 Å². The van der Waals surface area contributed by atoms with Crippen molar-refractivity contribution in [3.8, 4) is 0 Å². The molecule has 0 aliphatic heterocycles. The molecule has 0 spiro atoms. The molecular weight excluding hydrogens is 1010 g/mol. The van der Waals surface area contributed by atoms with E-state index >= 15 is 0 Å². The Hall–Kier alpha value is -3.41. The van der Waals surface area contributed by atoms with E-state index in [0.717, 1.165) is 103 Å². The lowest BCUT2D eigenvalue weighted by Gasteiger charge is -2.18. The molecule has 0 amide bonds. The second kappa shape index (κ2) is 70.1. The Kier molecular flexibility index (Phi) is 67.2. The van der Waals surface area contributed by atoms with Gasteiger partial charge in [-0.25, -0.2) is 0 Å². The number of carbonyl (C=O) groups excluding carboxylic acids is 3. The maximum atomic E-state index is 13.0. The molecule has 6 nitrogen and oxygen atoms in total. The fourth-order valence-corrected chi connectivity index (χ4v) is 10.3. The first-order valence-electron chi connectivity index (χ1n) is 35.6. The molecule has 1 atom stereocenters. The van der Waals surface area contributed by atoms with E-state index in [-0.39, 0.29) is 31.1 Å². The second-order valence-corrected chi connectivity index (χ2v) is 23.8. The highest BCUT2D eigenvalue weighted by atomic mass is 16.6. The maximum Gasteiger partial charge on any atom is 0.306 e. The summed E-state index contributed by atoms with van der Waals surface area (Å²) in [6.07, 6.45) is 93.2. The van der Waals surface area contributed by atoms with Crippen molar-refractivity contribution in [2.75, 3.05) is 13.2 Å². The van der Waals surface area contributed by atoms with Gasteiger partial charge in [0, 0.05) is 19.3 Å². The van der Waals surface area contributed by atoms with Gasteiger partial charge in [-0.15, -0.1) is 0 Å². The largest absolute Gasteiger partial charge is 0.462 e. The van der Waals surface area contributed by atoms with Gasteiger partial charge in [0.25, 0.3) is 0 Å². The van der Waals surface area contributed by atoms with E-state index in [4.69, 9.17) is 14.2 Å². The van der Waals surface area contributed by atoms with Crippen molar-refractivity contribution in [1.82, 2.24) is 0 Å². The zero-order chi connectivity index (χ0) is 59.2. The van der Waals surface area contributed by atoms with Crippen LogP contribution in [0, 0.1) is 0 Å². The minimum Gasteiger partial charge on any atom is -0.462 e. The molecule has 82 heavy (non-hydrogen) atoms. The molecular formula is C76H134O6. The fraction of sp³-hybridized carbons (Fsp3) is 0.776. The van der Waals surface area contributed by atoms with Gasteiger partial charge < -0.3 is 14.2 Å². The van der Waals surface area contributed by atoms with Crippen LogP contribution in [-0.4, -0.2) is 37.2 Å². The number of unbranched alkanes of at least 4 members (excludes halogenated alkanes) is 40. The molecule has 0 radical (unpaired) electrons. The standard InChI is InChI=1S/C76H134O6/c1-4-7-10-13-16-19-22-25-28-31-33-34-35-36-37-38-39-40-41-42-44-45-48-51-54-57-60-63-66-69-75(78)81-72-73(71-80-74(77)68-65-62-59-56-53-50-47-30-27-24-21-18-15-12-9-6-3)82-76(79)70-67-64-61-58-55-52-49-46-43-32-29-26-23-20-17-14-11-8-5-2/h7,10,16,19,21,24-26,28-30,33-34,47,73H,4-6,8-9,11-15,17-18,20,22-23,27,31-32,35-46,48-72H2,1-3H3/b10-7-,19-16-,24-21-,28-25-,29-26-,34-33-,47-30-. The average molecular weight is 1140 g/mol.